The van der Waals surface area contributed by atoms with Crippen LogP contribution in [0.3, 0.4) is 0 Å². The number of carbonyl (C=O) groups excluding carboxylic acids is 3. The van der Waals surface area contributed by atoms with Crippen molar-refractivity contribution in [1.29, 1.82) is 0 Å². The molecular weight excluding hydrogens is 448 g/mol. The predicted molar refractivity (Wildman–Crippen MR) is 120 cm³/mol. The van der Waals surface area contributed by atoms with Crippen LogP contribution in [-0.2, 0) is 19.1 Å². The molecule has 1 N–H and O–H groups in total. The molecule has 3 rings (SSSR count). The van der Waals surface area contributed by atoms with Crippen molar-refractivity contribution in [2.24, 2.45) is 5.92 Å². The molecule has 0 aromatic heterocycles. The van der Waals surface area contributed by atoms with Gasteiger partial charge in [0.15, 0.2) is 6.61 Å². The number of ether oxygens (including phenoxy) is 1. The lowest BCUT2D eigenvalue weighted by atomic mass is 10.1. The van der Waals surface area contributed by atoms with Crippen molar-refractivity contribution in [3.05, 3.63) is 57.1 Å². The minimum Gasteiger partial charge on any atom is -0.455 e. The van der Waals surface area contributed by atoms with Gasteiger partial charge in [0, 0.05) is 28.8 Å². The summed E-state index contributed by atoms with van der Waals surface area (Å²) in [5.41, 5.74) is 5.53. The third-order valence-electron chi connectivity index (χ3n) is 5.37. The molecule has 1 saturated heterocycles. The number of carbonyl (C=O) groups is 3. The van der Waals surface area contributed by atoms with Gasteiger partial charge in [0.05, 0.1) is 5.92 Å². The molecule has 1 aliphatic rings. The number of esters is 1. The Bertz CT molecular complexity index is 995. The lowest BCUT2D eigenvalue weighted by Gasteiger charge is -2.18. The smallest absolute Gasteiger partial charge is 0.311 e. The second kappa shape index (κ2) is 9.00. The van der Waals surface area contributed by atoms with E-state index in [1.165, 1.54) is 0 Å². The summed E-state index contributed by atoms with van der Waals surface area (Å²) in [6, 6.07) is 9.59. The van der Waals surface area contributed by atoms with Crippen LogP contribution in [0.2, 0.25) is 0 Å². The number of amides is 2. The van der Waals surface area contributed by atoms with E-state index in [0.717, 1.165) is 32.4 Å². The summed E-state index contributed by atoms with van der Waals surface area (Å²) in [5, 5.41) is 2.79. The molecule has 1 aliphatic heterocycles. The maximum Gasteiger partial charge on any atom is 0.311 e. The summed E-state index contributed by atoms with van der Waals surface area (Å²) in [6.07, 6.45) is 0.0817. The van der Waals surface area contributed by atoms with Crippen molar-refractivity contribution < 1.29 is 19.1 Å². The van der Waals surface area contributed by atoms with Gasteiger partial charge in [-0.1, -0.05) is 22.0 Å². The van der Waals surface area contributed by atoms with Crippen molar-refractivity contribution in [2.75, 3.05) is 23.4 Å². The summed E-state index contributed by atoms with van der Waals surface area (Å²) in [5.74, 6) is -1.64. The van der Waals surface area contributed by atoms with E-state index in [4.69, 9.17) is 4.74 Å². The van der Waals surface area contributed by atoms with Gasteiger partial charge in [0.1, 0.15) is 0 Å². The number of nitrogens with zero attached hydrogens (tertiary/aromatic N) is 1. The van der Waals surface area contributed by atoms with E-state index in [9.17, 15) is 14.4 Å². The number of rotatable bonds is 5. The first-order valence-electron chi connectivity index (χ1n) is 9.76. The normalized spacial score (nSPS) is 16.0. The van der Waals surface area contributed by atoms with Crippen LogP contribution < -0.4 is 10.2 Å². The fourth-order valence-corrected chi connectivity index (χ4v) is 4.23. The summed E-state index contributed by atoms with van der Waals surface area (Å²) >= 11 is 3.42. The number of anilines is 2. The van der Waals surface area contributed by atoms with E-state index in [2.05, 4.69) is 21.2 Å². The highest BCUT2D eigenvalue weighted by Gasteiger charge is 2.36. The van der Waals surface area contributed by atoms with Crippen LogP contribution in [0.25, 0.3) is 0 Å². The Morgan fingerprint density at radius 1 is 1.07 bits per heavy atom. The highest BCUT2D eigenvalue weighted by atomic mass is 79.9. The molecule has 2 amide bonds. The fraction of sp³-hybridized carbons (Fsp3) is 0.348. The monoisotopic (exact) mass is 472 g/mol. The van der Waals surface area contributed by atoms with Crippen LogP contribution in [-0.4, -0.2) is 30.9 Å². The van der Waals surface area contributed by atoms with Gasteiger partial charge >= 0.3 is 5.97 Å². The molecule has 0 radical (unpaired) electrons. The van der Waals surface area contributed by atoms with Gasteiger partial charge < -0.3 is 15.0 Å². The summed E-state index contributed by atoms with van der Waals surface area (Å²) in [4.78, 5) is 38.7. The van der Waals surface area contributed by atoms with Crippen molar-refractivity contribution in [3.8, 4) is 0 Å². The maximum absolute atomic E-state index is 12.4. The zero-order valence-corrected chi connectivity index (χ0v) is 19.1. The van der Waals surface area contributed by atoms with Gasteiger partial charge in [-0.3, -0.25) is 14.4 Å². The first kappa shape index (κ1) is 22.0. The third-order valence-corrected chi connectivity index (χ3v) is 5.83. The maximum atomic E-state index is 12.4. The standard InChI is InChI=1S/C23H25BrN2O4/c1-13-5-6-19(9-14(13)2)26-11-17(10-21(26)28)23(29)30-12-20(27)25-22-15(3)7-18(24)8-16(22)4/h5-9,17H,10-12H2,1-4H3,(H,25,27). The number of nitrogens with one attached hydrogen (secondary N) is 1. The molecular formula is C23H25BrN2O4. The first-order chi connectivity index (χ1) is 14.2. The van der Waals surface area contributed by atoms with E-state index in [1.54, 1.807) is 4.90 Å². The molecule has 1 fully saturated rings. The van der Waals surface area contributed by atoms with Crippen molar-refractivity contribution in [1.82, 2.24) is 0 Å². The number of halogens is 1. The van der Waals surface area contributed by atoms with Gasteiger partial charge in [-0.25, -0.2) is 0 Å². The van der Waals surface area contributed by atoms with Crippen molar-refractivity contribution in [3.63, 3.8) is 0 Å². The van der Waals surface area contributed by atoms with Gasteiger partial charge in [0.25, 0.3) is 5.91 Å². The molecule has 0 bridgehead atoms. The zero-order chi connectivity index (χ0) is 22.0. The average Bonchev–Trinajstić information content (AvgIpc) is 3.06. The Morgan fingerprint density at radius 2 is 1.73 bits per heavy atom. The Kier molecular flexibility index (Phi) is 6.61. The van der Waals surface area contributed by atoms with Crippen LogP contribution in [0.5, 0.6) is 0 Å². The number of benzene rings is 2. The molecule has 0 saturated carbocycles. The summed E-state index contributed by atoms with van der Waals surface area (Å²) in [7, 11) is 0. The fourth-order valence-electron chi connectivity index (χ4n) is 3.55. The Labute approximate surface area is 184 Å². The van der Waals surface area contributed by atoms with Gasteiger partial charge in [-0.05, 0) is 74.2 Å². The zero-order valence-electron chi connectivity index (χ0n) is 17.5. The molecule has 2 aromatic rings. The molecule has 1 unspecified atom stereocenters. The molecule has 1 heterocycles. The van der Waals surface area contributed by atoms with Gasteiger partial charge in [-0.15, -0.1) is 0 Å². The van der Waals surface area contributed by atoms with E-state index >= 15 is 0 Å². The van der Waals surface area contributed by atoms with E-state index < -0.39 is 17.8 Å². The molecule has 2 aromatic carbocycles. The second-order valence-electron chi connectivity index (χ2n) is 7.74. The van der Waals surface area contributed by atoms with Gasteiger partial charge in [0.2, 0.25) is 5.91 Å². The quantitative estimate of drug-likeness (QED) is 0.660. The Hall–Kier alpha value is -2.67. The molecule has 7 heteroatoms. The molecule has 1 atom stereocenters. The number of hydrogen-bond donors (Lipinski definition) is 1. The Balaban J connectivity index is 1.57. The summed E-state index contributed by atoms with van der Waals surface area (Å²) < 4.78 is 6.13. The SMILES string of the molecule is Cc1ccc(N2CC(C(=O)OCC(=O)Nc3c(C)cc(Br)cc3C)CC2=O)cc1C. The minimum atomic E-state index is -0.580. The van der Waals surface area contributed by atoms with Crippen LogP contribution >= 0.6 is 15.9 Å². The molecule has 30 heavy (non-hydrogen) atoms. The van der Waals surface area contributed by atoms with E-state index in [-0.39, 0.29) is 25.5 Å². The average molecular weight is 473 g/mol. The molecule has 0 spiro atoms. The van der Waals surface area contributed by atoms with E-state index in [0.29, 0.717) is 5.69 Å². The number of aryl methyl sites for hydroxylation is 4. The second-order valence-corrected chi connectivity index (χ2v) is 8.66. The highest BCUT2D eigenvalue weighted by Crippen LogP contribution is 2.28. The van der Waals surface area contributed by atoms with Crippen molar-refractivity contribution >= 4 is 45.1 Å². The largest absolute Gasteiger partial charge is 0.455 e. The Morgan fingerprint density at radius 3 is 2.37 bits per heavy atom. The summed E-state index contributed by atoms with van der Waals surface area (Å²) in [6.45, 7) is 7.65. The third kappa shape index (κ3) is 4.90. The lowest BCUT2D eigenvalue weighted by molar-refractivity contribution is -0.151. The van der Waals surface area contributed by atoms with Gasteiger partial charge in [-0.2, -0.15) is 0 Å². The highest BCUT2D eigenvalue weighted by molar-refractivity contribution is 9.10. The van der Waals surface area contributed by atoms with Crippen molar-refractivity contribution in [2.45, 2.75) is 34.1 Å². The van der Waals surface area contributed by atoms with Crippen LogP contribution in [0.4, 0.5) is 11.4 Å². The first-order valence-corrected chi connectivity index (χ1v) is 10.6. The predicted octanol–water partition coefficient (Wildman–Crippen LogP) is 4.22. The van der Waals surface area contributed by atoms with Crippen LogP contribution in [0.15, 0.2) is 34.8 Å². The van der Waals surface area contributed by atoms with Crippen LogP contribution in [0.1, 0.15) is 28.7 Å². The molecule has 0 aliphatic carbocycles. The van der Waals surface area contributed by atoms with Crippen LogP contribution in [0, 0.1) is 33.6 Å². The molecule has 6 nitrogen and oxygen atoms in total. The topological polar surface area (TPSA) is 75.7 Å². The molecule has 158 valence electrons. The lowest BCUT2D eigenvalue weighted by Crippen LogP contribution is -2.28. The number of hydrogen-bond acceptors (Lipinski definition) is 4. The van der Waals surface area contributed by atoms with E-state index in [1.807, 2.05) is 58.0 Å². The minimum absolute atomic E-state index is 0.0817.